The summed E-state index contributed by atoms with van der Waals surface area (Å²) in [4.78, 5) is 24.2. The Balaban J connectivity index is 2.33. The number of carbonyl (C=O) groups is 2. The van der Waals surface area contributed by atoms with Crippen molar-refractivity contribution in [1.29, 1.82) is 0 Å². The normalized spacial score (nSPS) is 16.3. The van der Waals surface area contributed by atoms with Crippen molar-refractivity contribution < 1.29 is 14.7 Å². The van der Waals surface area contributed by atoms with Gasteiger partial charge in [0.1, 0.15) is 0 Å². The number of aliphatic carboxylic acids is 1. The van der Waals surface area contributed by atoms with Gasteiger partial charge in [-0.05, 0) is 26.2 Å². The van der Waals surface area contributed by atoms with Crippen LogP contribution >= 0.6 is 0 Å². The lowest BCUT2D eigenvalue weighted by Crippen LogP contribution is -2.38. The van der Waals surface area contributed by atoms with Crippen molar-refractivity contribution in [3.63, 3.8) is 0 Å². The zero-order chi connectivity index (χ0) is 12.0. The summed E-state index contributed by atoms with van der Waals surface area (Å²) < 4.78 is 0. The zero-order valence-electron chi connectivity index (χ0n) is 9.95. The van der Waals surface area contributed by atoms with E-state index in [9.17, 15) is 9.59 Å². The summed E-state index contributed by atoms with van der Waals surface area (Å²) in [5.74, 6) is -0.702. The average molecular weight is 227 g/mol. The molecule has 1 fully saturated rings. The van der Waals surface area contributed by atoms with Crippen molar-refractivity contribution in [2.45, 2.75) is 57.9 Å². The molecule has 0 bridgehead atoms. The van der Waals surface area contributed by atoms with E-state index in [1.165, 1.54) is 12.8 Å². The lowest BCUT2D eigenvalue weighted by atomic mass is 10.1. The molecule has 16 heavy (non-hydrogen) atoms. The van der Waals surface area contributed by atoms with E-state index in [0.717, 1.165) is 19.4 Å². The van der Waals surface area contributed by atoms with Gasteiger partial charge in [-0.1, -0.05) is 12.8 Å². The summed E-state index contributed by atoms with van der Waals surface area (Å²) >= 11 is 0. The second kappa shape index (κ2) is 6.51. The van der Waals surface area contributed by atoms with Crippen LogP contribution in [0.4, 0.5) is 0 Å². The van der Waals surface area contributed by atoms with Crippen LogP contribution in [0.1, 0.15) is 51.9 Å². The Kier molecular flexibility index (Phi) is 5.29. The monoisotopic (exact) mass is 227 g/mol. The molecule has 0 aromatic carbocycles. The van der Waals surface area contributed by atoms with Crippen LogP contribution in [0.3, 0.4) is 0 Å². The van der Waals surface area contributed by atoms with Gasteiger partial charge in [0, 0.05) is 25.4 Å². The van der Waals surface area contributed by atoms with Gasteiger partial charge in [-0.25, -0.2) is 0 Å². The van der Waals surface area contributed by atoms with Crippen molar-refractivity contribution in [3.8, 4) is 0 Å². The number of carbonyl (C=O) groups excluding carboxylic acids is 1. The molecule has 1 aliphatic rings. The van der Waals surface area contributed by atoms with Gasteiger partial charge in [-0.15, -0.1) is 0 Å². The Labute approximate surface area is 96.6 Å². The minimum atomic E-state index is -0.822. The molecule has 0 atom stereocenters. The third-order valence-electron chi connectivity index (χ3n) is 3.21. The van der Waals surface area contributed by atoms with Crippen LogP contribution in [-0.2, 0) is 9.59 Å². The topological polar surface area (TPSA) is 57.6 Å². The molecule has 4 nitrogen and oxygen atoms in total. The minimum Gasteiger partial charge on any atom is -0.481 e. The van der Waals surface area contributed by atoms with Gasteiger partial charge in [0.25, 0.3) is 0 Å². The first-order valence-electron chi connectivity index (χ1n) is 6.16. The van der Waals surface area contributed by atoms with E-state index in [2.05, 4.69) is 0 Å². The van der Waals surface area contributed by atoms with E-state index in [1.807, 2.05) is 11.8 Å². The minimum absolute atomic E-state index is 0.0912. The Bertz CT molecular complexity index is 247. The number of hydrogen-bond acceptors (Lipinski definition) is 2. The van der Waals surface area contributed by atoms with Crippen LogP contribution in [0.15, 0.2) is 0 Å². The smallest absolute Gasteiger partial charge is 0.303 e. The van der Waals surface area contributed by atoms with Crippen molar-refractivity contribution >= 4 is 11.9 Å². The third kappa shape index (κ3) is 3.83. The highest BCUT2D eigenvalue weighted by Crippen LogP contribution is 2.24. The van der Waals surface area contributed by atoms with Gasteiger partial charge < -0.3 is 10.0 Å². The van der Waals surface area contributed by atoms with E-state index >= 15 is 0 Å². The highest BCUT2D eigenvalue weighted by Gasteiger charge is 2.24. The largest absolute Gasteiger partial charge is 0.481 e. The molecule has 1 rings (SSSR count). The first-order chi connectivity index (χ1) is 7.65. The second-order valence-corrected chi connectivity index (χ2v) is 4.37. The van der Waals surface area contributed by atoms with Crippen LogP contribution in [0.2, 0.25) is 0 Å². The molecule has 92 valence electrons. The molecular formula is C12H21NO3. The van der Waals surface area contributed by atoms with Crippen molar-refractivity contribution in [3.05, 3.63) is 0 Å². The number of nitrogens with zero attached hydrogens (tertiary/aromatic N) is 1. The van der Waals surface area contributed by atoms with Crippen molar-refractivity contribution in [1.82, 2.24) is 4.90 Å². The van der Waals surface area contributed by atoms with Crippen LogP contribution < -0.4 is 0 Å². The van der Waals surface area contributed by atoms with E-state index in [1.54, 1.807) is 0 Å². The molecule has 0 aromatic rings. The summed E-state index contributed by atoms with van der Waals surface area (Å²) in [7, 11) is 0. The molecule has 0 aromatic heterocycles. The first-order valence-corrected chi connectivity index (χ1v) is 6.16. The number of carboxylic acid groups (broad SMARTS) is 1. The molecule has 1 N–H and O–H groups in total. The van der Waals surface area contributed by atoms with Gasteiger partial charge >= 0.3 is 5.97 Å². The van der Waals surface area contributed by atoms with Gasteiger partial charge in [0.15, 0.2) is 0 Å². The summed E-state index contributed by atoms with van der Waals surface area (Å²) in [6, 6.07) is 0.405. The molecule has 0 radical (unpaired) electrons. The van der Waals surface area contributed by atoms with E-state index < -0.39 is 5.97 Å². The van der Waals surface area contributed by atoms with Crippen molar-refractivity contribution in [2.24, 2.45) is 0 Å². The maximum Gasteiger partial charge on any atom is 0.303 e. The van der Waals surface area contributed by atoms with Crippen molar-refractivity contribution in [2.75, 3.05) is 6.54 Å². The Morgan fingerprint density at radius 1 is 1.25 bits per heavy atom. The molecule has 0 saturated heterocycles. The first kappa shape index (κ1) is 13.0. The number of carboxylic acids is 1. The van der Waals surface area contributed by atoms with Gasteiger partial charge in [0.05, 0.1) is 0 Å². The molecule has 1 amide bonds. The summed E-state index contributed by atoms with van der Waals surface area (Å²) in [5.41, 5.74) is 0. The Morgan fingerprint density at radius 2 is 1.88 bits per heavy atom. The summed E-state index contributed by atoms with van der Waals surface area (Å²) in [6.45, 7) is 2.74. The molecule has 4 heteroatoms. The lowest BCUT2D eigenvalue weighted by Gasteiger charge is -2.27. The molecule has 0 aliphatic heterocycles. The molecular weight excluding hydrogens is 206 g/mol. The predicted molar refractivity (Wildman–Crippen MR) is 61.1 cm³/mol. The molecule has 0 spiro atoms. The third-order valence-corrected chi connectivity index (χ3v) is 3.21. The molecule has 1 saturated carbocycles. The van der Waals surface area contributed by atoms with Gasteiger partial charge in [-0.3, -0.25) is 9.59 Å². The van der Waals surface area contributed by atoms with E-state index in [-0.39, 0.29) is 12.3 Å². The second-order valence-electron chi connectivity index (χ2n) is 4.37. The highest BCUT2D eigenvalue weighted by atomic mass is 16.4. The van der Waals surface area contributed by atoms with Crippen LogP contribution in [0, 0.1) is 0 Å². The summed E-state index contributed by atoms with van der Waals surface area (Å²) in [5, 5.41) is 8.51. The molecule has 1 aliphatic carbocycles. The molecule has 0 heterocycles. The summed E-state index contributed by atoms with van der Waals surface area (Å²) in [6.07, 6.45) is 5.56. The fraction of sp³-hybridized carbons (Fsp3) is 0.833. The zero-order valence-corrected chi connectivity index (χ0v) is 9.95. The van der Waals surface area contributed by atoms with Gasteiger partial charge in [0.2, 0.25) is 5.91 Å². The standard InChI is InChI=1S/C12H21NO3/c1-2-13(10-6-3-4-7-10)11(14)8-5-9-12(15)16/h10H,2-9H2,1H3,(H,15,16). The van der Waals surface area contributed by atoms with E-state index in [4.69, 9.17) is 5.11 Å². The van der Waals surface area contributed by atoms with Crippen LogP contribution in [0.25, 0.3) is 0 Å². The average Bonchev–Trinajstić information content (AvgIpc) is 2.71. The number of amides is 1. The maximum absolute atomic E-state index is 11.9. The van der Waals surface area contributed by atoms with Crippen LogP contribution in [0.5, 0.6) is 0 Å². The number of rotatable bonds is 6. The van der Waals surface area contributed by atoms with Crippen LogP contribution in [-0.4, -0.2) is 34.5 Å². The lowest BCUT2D eigenvalue weighted by molar-refractivity contribution is -0.137. The molecule has 0 unspecified atom stereocenters. The number of hydrogen-bond donors (Lipinski definition) is 1. The van der Waals surface area contributed by atoms with Gasteiger partial charge in [-0.2, -0.15) is 0 Å². The predicted octanol–water partition coefficient (Wildman–Crippen LogP) is 2.03. The Hall–Kier alpha value is -1.06. The fourth-order valence-electron chi connectivity index (χ4n) is 2.39. The SMILES string of the molecule is CCN(C(=O)CCCC(=O)O)C1CCCC1. The highest BCUT2D eigenvalue weighted by molar-refractivity contribution is 5.77. The fourth-order valence-corrected chi connectivity index (χ4v) is 2.39. The maximum atomic E-state index is 11.9. The quantitative estimate of drug-likeness (QED) is 0.755. The van der Waals surface area contributed by atoms with E-state index in [0.29, 0.717) is 18.9 Å². The Morgan fingerprint density at radius 3 is 2.38 bits per heavy atom.